The number of rotatable bonds is 9. The van der Waals surface area contributed by atoms with E-state index in [1.54, 1.807) is 11.8 Å². The van der Waals surface area contributed by atoms with Gasteiger partial charge in [0.05, 0.1) is 12.0 Å². The third-order valence-corrected chi connectivity index (χ3v) is 3.60. The molecule has 0 saturated carbocycles. The third-order valence-electron chi connectivity index (χ3n) is 2.90. The standard InChI is InChI=1S/C13H27NO2S/c1-5-16-12(15)13(10-14,9-11(2)3)7-6-8-17-4/h11H,5-10,14H2,1-4H3. The SMILES string of the molecule is CCOC(=O)C(CN)(CCCSC)CC(C)C. The zero-order chi connectivity index (χ0) is 13.3. The number of hydrogen-bond donors (Lipinski definition) is 1. The predicted molar refractivity (Wildman–Crippen MR) is 75.2 cm³/mol. The molecule has 0 saturated heterocycles. The summed E-state index contributed by atoms with van der Waals surface area (Å²) < 4.78 is 5.20. The van der Waals surface area contributed by atoms with Crippen molar-refractivity contribution in [1.29, 1.82) is 0 Å². The topological polar surface area (TPSA) is 52.3 Å². The lowest BCUT2D eigenvalue weighted by molar-refractivity contribution is -0.156. The van der Waals surface area contributed by atoms with E-state index in [0.29, 0.717) is 19.1 Å². The highest BCUT2D eigenvalue weighted by Crippen LogP contribution is 2.33. The molecule has 0 aromatic carbocycles. The minimum Gasteiger partial charge on any atom is -0.466 e. The lowest BCUT2D eigenvalue weighted by atomic mass is 9.76. The van der Waals surface area contributed by atoms with E-state index in [2.05, 4.69) is 20.1 Å². The van der Waals surface area contributed by atoms with Crippen LogP contribution in [-0.4, -0.2) is 31.1 Å². The fraction of sp³-hybridized carbons (Fsp3) is 0.923. The number of thioether (sulfide) groups is 1. The molecule has 0 aliphatic rings. The Labute approximate surface area is 110 Å². The van der Waals surface area contributed by atoms with Crippen molar-refractivity contribution in [2.24, 2.45) is 17.1 Å². The van der Waals surface area contributed by atoms with Gasteiger partial charge in [-0.15, -0.1) is 0 Å². The number of esters is 1. The van der Waals surface area contributed by atoms with E-state index >= 15 is 0 Å². The van der Waals surface area contributed by atoms with Crippen molar-refractivity contribution in [1.82, 2.24) is 0 Å². The molecule has 17 heavy (non-hydrogen) atoms. The molecule has 2 N–H and O–H groups in total. The average molecular weight is 261 g/mol. The largest absolute Gasteiger partial charge is 0.466 e. The van der Waals surface area contributed by atoms with Gasteiger partial charge in [0.15, 0.2) is 0 Å². The zero-order valence-corrected chi connectivity index (χ0v) is 12.4. The molecule has 1 atom stereocenters. The summed E-state index contributed by atoms with van der Waals surface area (Å²) in [6, 6.07) is 0. The predicted octanol–water partition coefficient (Wildman–Crippen LogP) is 2.68. The van der Waals surface area contributed by atoms with E-state index < -0.39 is 5.41 Å². The zero-order valence-electron chi connectivity index (χ0n) is 11.6. The average Bonchev–Trinajstić information content (AvgIpc) is 2.27. The first-order valence-electron chi connectivity index (χ1n) is 6.38. The van der Waals surface area contributed by atoms with E-state index in [0.717, 1.165) is 25.0 Å². The van der Waals surface area contributed by atoms with E-state index in [-0.39, 0.29) is 5.97 Å². The van der Waals surface area contributed by atoms with Gasteiger partial charge in [-0.3, -0.25) is 4.79 Å². The number of hydrogen-bond acceptors (Lipinski definition) is 4. The molecule has 0 bridgehead atoms. The van der Waals surface area contributed by atoms with E-state index in [4.69, 9.17) is 10.5 Å². The van der Waals surface area contributed by atoms with Gasteiger partial charge < -0.3 is 10.5 Å². The van der Waals surface area contributed by atoms with Gasteiger partial charge in [0, 0.05) is 6.54 Å². The van der Waals surface area contributed by atoms with E-state index in [1.165, 1.54) is 0 Å². The number of ether oxygens (including phenoxy) is 1. The minimum atomic E-state index is -0.472. The first-order valence-corrected chi connectivity index (χ1v) is 7.78. The van der Waals surface area contributed by atoms with Crippen LogP contribution in [0, 0.1) is 11.3 Å². The second-order valence-corrected chi connectivity index (χ2v) is 5.88. The van der Waals surface area contributed by atoms with E-state index in [1.807, 2.05) is 6.92 Å². The van der Waals surface area contributed by atoms with Crippen LogP contribution in [0.4, 0.5) is 0 Å². The van der Waals surface area contributed by atoms with Crippen LogP contribution >= 0.6 is 11.8 Å². The molecule has 0 aromatic rings. The number of carbonyl (C=O) groups excluding carboxylic acids is 1. The Morgan fingerprint density at radius 2 is 2.12 bits per heavy atom. The van der Waals surface area contributed by atoms with Gasteiger partial charge in [0.25, 0.3) is 0 Å². The molecule has 0 rings (SSSR count). The van der Waals surface area contributed by atoms with Crippen LogP contribution in [0.5, 0.6) is 0 Å². The van der Waals surface area contributed by atoms with Crippen molar-refractivity contribution in [2.45, 2.75) is 40.0 Å². The summed E-state index contributed by atoms with van der Waals surface area (Å²) >= 11 is 1.80. The molecule has 0 heterocycles. The molecule has 0 aromatic heterocycles. The molecule has 3 nitrogen and oxygen atoms in total. The van der Waals surface area contributed by atoms with Crippen molar-refractivity contribution in [3.8, 4) is 0 Å². The summed E-state index contributed by atoms with van der Waals surface area (Å²) in [5.41, 5.74) is 5.39. The summed E-state index contributed by atoms with van der Waals surface area (Å²) in [6.45, 7) is 6.91. The van der Waals surface area contributed by atoms with Crippen molar-refractivity contribution < 1.29 is 9.53 Å². The Balaban J connectivity index is 4.67. The monoisotopic (exact) mass is 261 g/mol. The van der Waals surface area contributed by atoms with Crippen LogP contribution in [0.15, 0.2) is 0 Å². The first-order chi connectivity index (χ1) is 8.02. The summed E-state index contributed by atoms with van der Waals surface area (Å²) in [6.07, 6.45) is 4.75. The van der Waals surface area contributed by atoms with Gasteiger partial charge in [-0.25, -0.2) is 0 Å². The second-order valence-electron chi connectivity index (χ2n) is 4.90. The molecule has 102 valence electrons. The quantitative estimate of drug-likeness (QED) is 0.512. The summed E-state index contributed by atoms with van der Waals surface area (Å²) in [5.74, 6) is 1.41. The Morgan fingerprint density at radius 3 is 2.53 bits per heavy atom. The van der Waals surface area contributed by atoms with Crippen LogP contribution in [0.1, 0.15) is 40.0 Å². The molecule has 0 spiro atoms. The molecule has 0 amide bonds. The van der Waals surface area contributed by atoms with Crippen LogP contribution in [0.25, 0.3) is 0 Å². The van der Waals surface area contributed by atoms with Crippen LogP contribution in [0.2, 0.25) is 0 Å². The Hall–Kier alpha value is -0.220. The maximum absolute atomic E-state index is 12.1. The molecule has 0 fully saturated rings. The molecule has 0 aliphatic heterocycles. The van der Waals surface area contributed by atoms with Crippen molar-refractivity contribution in [2.75, 3.05) is 25.2 Å². The second kappa shape index (κ2) is 8.81. The Morgan fingerprint density at radius 1 is 1.47 bits per heavy atom. The van der Waals surface area contributed by atoms with Gasteiger partial charge in [-0.05, 0) is 44.1 Å². The molecule has 0 radical (unpaired) electrons. The lowest BCUT2D eigenvalue weighted by Crippen LogP contribution is -2.41. The van der Waals surface area contributed by atoms with Gasteiger partial charge >= 0.3 is 5.97 Å². The number of nitrogens with two attached hydrogens (primary N) is 1. The first kappa shape index (κ1) is 16.8. The van der Waals surface area contributed by atoms with Gasteiger partial charge in [0.1, 0.15) is 0 Å². The van der Waals surface area contributed by atoms with Crippen LogP contribution < -0.4 is 5.73 Å². The maximum Gasteiger partial charge on any atom is 0.313 e. The molecule has 1 unspecified atom stereocenters. The van der Waals surface area contributed by atoms with Crippen molar-refractivity contribution in [3.63, 3.8) is 0 Å². The van der Waals surface area contributed by atoms with Crippen molar-refractivity contribution >= 4 is 17.7 Å². The van der Waals surface area contributed by atoms with Gasteiger partial charge in [-0.1, -0.05) is 13.8 Å². The Bertz CT molecular complexity index is 221. The highest BCUT2D eigenvalue weighted by atomic mass is 32.2. The molecule has 0 aliphatic carbocycles. The smallest absolute Gasteiger partial charge is 0.313 e. The van der Waals surface area contributed by atoms with Crippen molar-refractivity contribution in [3.05, 3.63) is 0 Å². The fourth-order valence-electron chi connectivity index (χ4n) is 2.18. The third kappa shape index (κ3) is 5.77. The van der Waals surface area contributed by atoms with Crippen LogP contribution in [0.3, 0.4) is 0 Å². The highest BCUT2D eigenvalue weighted by Gasteiger charge is 2.38. The Kier molecular flexibility index (Phi) is 8.70. The van der Waals surface area contributed by atoms with Gasteiger partial charge in [0.2, 0.25) is 0 Å². The normalized spacial score (nSPS) is 14.7. The minimum absolute atomic E-state index is 0.114. The molecular weight excluding hydrogens is 234 g/mol. The highest BCUT2D eigenvalue weighted by molar-refractivity contribution is 7.98. The molecular formula is C13H27NO2S. The fourth-order valence-corrected chi connectivity index (χ4v) is 2.61. The summed E-state index contributed by atoms with van der Waals surface area (Å²) in [4.78, 5) is 12.1. The molecule has 4 heteroatoms. The lowest BCUT2D eigenvalue weighted by Gasteiger charge is -2.31. The van der Waals surface area contributed by atoms with Crippen LogP contribution in [-0.2, 0) is 9.53 Å². The van der Waals surface area contributed by atoms with Gasteiger partial charge in [-0.2, -0.15) is 11.8 Å². The summed E-state index contributed by atoms with van der Waals surface area (Å²) in [7, 11) is 0. The maximum atomic E-state index is 12.1. The number of carbonyl (C=O) groups is 1. The van der Waals surface area contributed by atoms with E-state index in [9.17, 15) is 4.79 Å². The summed E-state index contributed by atoms with van der Waals surface area (Å²) in [5, 5.41) is 0.